The van der Waals surface area contributed by atoms with Crippen LogP contribution in [-0.2, 0) is 0 Å². The lowest BCUT2D eigenvalue weighted by Gasteiger charge is -2.17. The molecule has 24 heavy (non-hydrogen) atoms. The van der Waals surface area contributed by atoms with Gasteiger partial charge in [-0.2, -0.15) is 0 Å². The molecule has 10 heteroatoms. The van der Waals surface area contributed by atoms with Crippen LogP contribution in [0.15, 0.2) is 21.0 Å². The fourth-order valence-electron chi connectivity index (χ4n) is 2.19. The summed E-state index contributed by atoms with van der Waals surface area (Å²) < 4.78 is 10.9. The van der Waals surface area contributed by atoms with Crippen LogP contribution < -0.4 is 31.4 Å². The fraction of sp³-hybridized carbons (Fsp3) is 0.357. The first kappa shape index (κ1) is 16.1. The van der Waals surface area contributed by atoms with Gasteiger partial charge in [-0.25, -0.2) is 4.79 Å². The van der Waals surface area contributed by atoms with E-state index < -0.39 is 11.2 Å². The van der Waals surface area contributed by atoms with Crippen molar-refractivity contribution in [3.8, 4) is 11.5 Å². The van der Waals surface area contributed by atoms with Gasteiger partial charge in [0.1, 0.15) is 23.9 Å². The van der Waals surface area contributed by atoms with Crippen LogP contribution in [-0.4, -0.2) is 41.7 Å². The van der Waals surface area contributed by atoms with Crippen LogP contribution in [0.2, 0.25) is 0 Å². The van der Waals surface area contributed by atoms with Gasteiger partial charge in [0.15, 0.2) is 11.5 Å². The predicted octanol–water partition coefficient (Wildman–Crippen LogP) is 0.126. The third kappa shape index (κ3) is 3.59. The molecule has 0 bridgehead atoms. The topological polar surface area (TPSA) is 125 Å². The second-order valence-electron chi connectivity index (χ2n) is 5.21. The van der Waals surface area contributed by atoms with Crippen molar-refractivity contribution in [1.29, 1.82) is 0 Å². The number of carbonyl (C=O) groups excluding carboxylic acids is 1. The largest absolute Gasteiger partial charge is 0.485 e. The van der Waals surface area contributed by atoms with E-state index in [4.69, 9.17) is 9.47 Å². The number of nitrogens with one attached hydrogen (secondary N) is 4. The van der Waals surface area contributed by atoms with E-state index in [1.54, 1.807) is 12.3 Å². The van der Waals surface area contributed by atoms with Crippen molar-refractivity contribution in [3.05, 3.63) is 37.2 Å². The lowest BCUT2D eigenvalue weighted by molar-refractivity contribution is 0.0937. The number of anilines is 1. The normalized spacial score (nSPS) is 14.0. The first-order valence-electron chi connectivity index (χ1n) is 7.28. The molecule has 1 aliphatic rings. The van der Waals surface area contributed by atoms with Crippen LogP contribution in [0.4, 0.5) is 5.82 Å². The van der Waals surface area contributed by atoms with E-state index in [1.165, 1.54) is 17.4 Å². The second-order valence-corrected chi connectivity index (χ2v) is 6.09. The van der Waals surface area contributed by atoms with Crippen molar-refractivity contribution in [2.75, 3.05) is 25.1 Å². The molecule has 0 saturated heterocycles. The fourth-order valence-corrected chi connectivity index (χ4v) is 3.02. The maximum Gasteiger partial charge on any atom is 0.327 e. The van der Waals surface area contributed by atoms with Gasteiger partial charge in [-0.05, 0) is 6.92 Å². The average Bonchev–Trinajstić information content (AvgIpc) is 2.96. The molecule has 1 amide bonds. The second kappa shape index (κ2) is 6.79. The summed E-state index contributed by atoms with van der Waals surface area (Å²) >= 11 is 1.26. The van der Waals surface area contributed by atoms with Crippen molar-refractivity contribution in [2.45, 2.75) is 13.0 Å². The van der Waals surface area contributed by atoms with Crippen molar-refractivity contribution < 1.29 is 14.3 Å². The number of rotatable bonds is 5. The number of carbonyl (C=O) groups is 1. The number of ether oxygens (including phenoxy) is 2. The molecule has 0 saturated carbocycles. The predicted molar refractivity (Wildman–Crippen MR) is 88.4 cm³/mol. The summed E-state index contributed by atoms with van der Waals surface area (Å²) in [5.74, 6) is 1.08. The zero-order chi connectivity index (χ0) is 17.1. The molecule has 3 heterocycles. The van der Waals surface area contributed by atoms with E-state index in [1.807, 2.05) is 0 Å². The molecule has 0 radical (unpaired) electrons. The monoisotopic (exact) mass is 352 g/mol. The van der Waals surface area contributed by atoms with Crippen molar-refractivity contribution >= 4 is 23.1 Å². The smallest absolute Gasteiger partial charge is 0.327 e. The number of thiophene rings is 1. The van der Waals surface area contributed by atoms with Crippen molar-refractivity contribution in [2.24, 2.45) is 0 Å². The Morgan fingerprint density at radius 3 is 2.92 bits per heavy atom. The Balaban J connectivity index is 1.59. The van der Waals surface area contributed by atoms with Gasteiger partial charge in [-0.3, -0.25) is 19.6 Å². The van der Waals surface area contributed by atoms with Crippen LogP contribution >= 0.6 is 11.3 Å². The molecule has 0 fully saturated rings. The molecular weight excluding hydrogens is 336 g/mol. The third-order valence-electron chi connectivity index (χ3n) is 3.24. The number of hydrogen-bond donors (Lipinski definition) is 4. The summed E-state index contributed by atoms with van der Waals surface area (Å²) in [4.78, 5) is 39.7. The Labute approximate surface area is 140 Å². The van der Waals surface area contributed by atoms with Gasteiger partial charge in [0.2, 0.25) is 0 Å². The maximum absolute atomic E-state index is 12.3. The summed E-state index contributed by atoms with van der Waals surface area (Å²) in [6, 6.07) is 0.985. The van der Waals surface area contributed by atoms with E-state index in [0.29, 0.717) is 36.1 Å². The summed E-state index contributed by atoms with van der Waals surface area (Å²) in [7, 11) is 0. The molecule has 128 valence electrons. The quantitative estimate of drug-likeness (QED) is 0.606. The zero-order valence-corrected chi connectivity index (χ0v) is 13.6. The molecule has 4 N–H and O–H groups in total. The minimum Gasteiger partial charge on any atom is -0.485 e. The van der Waals surface area contributed by atoms with Gasteiger partial charge in [-0.15, -0.1) is 11.3 Å². The minimum atomic E-state index is -0.593. The number of hydrogen-bond acceptors (Lipinski definition) is 7. The molecule has 3 rings (SSSR count). The molecule has 0 unspecified atom stereocenters. The summed E-state index contributed by atoms with van der Waals surface area (Å²) in [6.07, 6.45) is 0. The summed E-state index contributed by atoms with van der Waals surface area (Å²) in [5, 5.41) is 7.47. The Morgan fingerprint density at radius 1 is 1.33 bits per heavy atom. The van der Waals surface area contributed by atoms with Gasteiger partial charge in [0.25, 0.3) is 11.5 Å². The Hall–Kier alpha value is -2.75. The van der Waals surface area contributed by atoms with Gasteiger partial charge in [0.05, 0.1) is 0 Å². The Bertz CT molecular complexity index is 827. The molecule has 2 aromatic rings. The average molecular weight is 352 g/mol. The number of amides is 1. The van der Waals surface area contributed by atoms with Crippen LogP contribution in [0, 0.1) is 0 Å². The molecule has 2 aromatic heterocycles. The molecule has 0 spiro atoms. The Morgan fingerprint density at radius 2 is 2.12 bits per heavy atom. The minimum absolute atomic E-state index is 0.248. The lowest BCUT2D eigenvalue weighted by atomic mass is 10.3. The molecule has 9 nitrogen and oxygen atoms in total. The highest BCUT2D eigenvalue weighted by Gasteiger charge is 2.24. The molecule has 1 aliphatic heterocycles. The molecule has 1 atom stereocenters. The van der Waals surface area contributed by atoms with Gasteiger partial charge in [0, 0.05) is 24.0 Å². The highest BCUT2D eigenvalue weighted by atomic mass is 32.1. The summed E-state index contributed by atoms with van der Waals surface area (Å²) in [5.41, 5.74) is -1.09. The zero-order valence-electron chi connectivity index (χ0n) is 12.8. The number of fused-ring (bicyclic) bond motifs is 1. The first-order chi connectivity index (χ1) is 11.5. The van der Waals surface area contributed by atoms with Crippen molar-refractivity contribution in [1.82, 2.24) is 15.3 Å². The number of H-pyrrole nitrogens is 2. The summed E-state index contributed by atoms with van der Waals surface area (Å²) in [6.45, 7) is 3.01. The third-order valence-corrected chi connectivity index (χ3v) is 4.18. The SMILES string of the molecule is C[C@@H](CNc1cc(=O)[nH]c(=O)[nH]1)NC(=O)c1scc2c1OCCO2. The van der Waals surface area contributed by atoms with Crippen LogP contribution in [0.3, 0.4) is 0 Å². The van der Waals surface area contributed by atoms with Crippen LogP contribution in [0.5, 0.6) is 11.5 Å². The molecular formula is C14H16N4O5S. The van der Waals surface area contributed by atoms with Crippen molar-refractivity contribution in [3.63, 3.8) is 0 Å². The maximum atomic E-state index is 12.3. The van der Waals surface area contributed by atoms with E-state index in [-0.39, 0.29) is 17.8 Å². The molecule has 0 aromatic carbocycles. The lowest BCUT2D eigenvalue weighted by Crippen LogP contribution is -2.38. The first-order valence-corrected chi connectivity index (χ1v) is 8.16. The van der Waals surface area contributed by atoms with Crippen LogP contribution in [0.1, 0.15) is 16.6 Å². The highest BCUT2D eigenvalue weighted by Crippen LogP contribution is 2.39. The van der Waals surface area contributed by atoms with Gasteiger partial charge in [-0.1, -0.05) is 0 Å². The number of aromatic amines is 2. The van der Waals surface area contributed by atoms with E-state index in [0.717, 1.165) is 0 Å². The highest BCUT2D eigenvalue weighted by molar-refractivity contribution is 7.12. The standard InChI is InChI=1S/C14H16N4O5S/c1-7(5-15-9-4-10(19)18-14(21)17-9)16-13(20)12-11-8(6-24-12)22-2-3-23-11/h4,6-7H,2-3,5H2,1H3,(H,16,20)(H3,15,17,18,19,21)/t7-/m0/s1. The Kier molecular flexibility index (Phi) is 4.56. The van der Waals surface area contributed by atoms with Crippen LogP contribution in [0.25, 0.3) is 0 Å². The van der Waals surface area contributed by atoms with Gasteiger partial charge < -0.3 is 20.1 Å². The van der Waals surface area contributed by atoms with E-state index >= 15 is 0 Å². The number of aromatic nitrogens is 2. The van der Waals surface area contributed by atoms with E-state index in [2.05, 4.69) is 20.6 Å². The van der Waals surface area contributed by atoms with E-state index in [9.17, 15) is 14.4 Å². The molecule has 0 aliphatic carbocycles. The van der Waals surface area contributed by atoms with Gasteiger partial charge >= 0.3 is 5.69 Å².